The lowest BCUT2D eigenvalue weighted by Gasteiger charge is -2.26. The predicted octanol–water partition coefficient (Wildman–Crippen LogP) is 3.53. The summed E-state index contributed by atoms with van der Waals surface area (Å²) in [5, 5.41) is 9.66. The van der Waals surface area contributed by atoms with Crippen LogP contribution in [0.4, 0.5) is 11.5 Å². The van der Waals surface area contributed by atoms with E-state index in [1.165, 1.54) is 6.20 Å². The van der Waals surface area contributed by atoms with Gasteiger partial charge in [-0.2, -0.15) is 5.10 Å². The summed E-state index contributed by atoms with van der Waals surface area (Å²) < 4.78 is 22.0. The lowest BCUT2D eigenvalue weighted by molar-refractivity contribution is -0.125. The molecule has 0 bridgehead atoms. The first-order valence-electron chi connectivity index (χ1n) is 17.0. The third kappa shape index (κ3) is 14.0. The Morgan fingerprint density at radius 1 is 0.745 bits per heavy atom. The number of para-hydroxylation sites is 1. The summed E-state index contributed by atoms with van der Waals surface area (Å²) in [6.45, 7) is 7.94. The van der Waals surface area contributed by atoms with Gasteiger partial charge in [-0.05, 0) is 49.7 Å². The average molecular weight is 699 g/mol. The van der Waals surface area contributed by atoms with E-state index in [2.05, 4.69) is 38.0 Å². The molecule has 0 saturated carbocycles. The highest BCUT2D eigenvalue weighted by atomic mass is 16.6. The zero-order valence-electron chi connectivity index (χ0n) is 29.2. The van der Waals surface area contributed by atoms with Gasteiger partial charge >= 0.3 is 0 Å². The summed E-state index contributed by atoms with van der Waals surface area (Å²) >= 11 is 0. The average Bonchev–Trinajstić information content (AvgIpc) is 3.13. The molecule has 3 aromatic rings. The van der Waals surface area contributed by atoms with Crippen molar-refractivity contribution in [2.24, 2.45) is 5.10 Å². The quantitative estimate of drug-likeness (QED) is 0.0657. The van der Waals surface area contributed by atoms with Crippen molar-refractivity contribution in [3.05, 3.63) is 89.1 Å². The number of hydrogen-bond acceptors (Lipinski definition) is 10. The van der Waals surface area contributed by atoms with Crippen molar-refractivity contribution in [2.45, 2.75) is 33.2 Å². The number of carbonyl (C=O) groups is 3. The Bertz CT molecular complexity index is 1660. The highest BCUT2D eigenvalue weighted by molar-refractivity contribution is 5.97. The largest absolute Gasteiger partial charge is 0.377 e. The lowest BCUT2D eigenvalue weighted by atomic mass is 10.0. The number of hydrogen-bond donors (Lipinski definition) is 3. The number of nitrogens with one attached hydrogen (secondary N) is 3. The van der Waals surface area contributed by atoms with Crippen LogP contribution < -0.4 is 21.0 Å². The molecule has 2 heterocycles. The highest BCUT2D eigenvalue weighted by Gasteiger charge is 2.21. The number of hydrazone groups is 1. The lowest BCUT2D eigenvalue weighted by Crippen LogP contribution is -2.34. The van der Waals surface area contributed by atoms with Gasteiger partial charge in [-0.3, -0.25) is 19.8 Å². The maximum Gasteiger partial charge on any atom is 0.252 e. The standard InChI is InChI=1S/C38H46N6O7/c1-29(2)42-43-35-14-13-32(27-41-35)38(47)40-18-20-49-22-24-51-26-25-50-23-21-48-19-17-39-36(45)15-16-37(46)44-28-33-9-4-3-7-30(33)11-12-31-8-5-6-10-34(31)44/h3-10,13-14,27H,15-26,28H2,1-2H3,(H,39,45)(H,40,47)(H,41,43). The zero-order chi connectivity index (χ0) is 36.1. The van der Waals surface area contributed by atoms with Gasteiger partial charge in [0.15, 0.2) is 0 Å². The molecule has 4 rings (SSSR count). The smallest absolute Gasteiger partial charge is 0.252 e. The summed E-state index contributed by atoms with van der Waals surface area (Å²) in [4.78, 5) is 43.8. The molecule has 2 aromatic carbocycles. The topological polar surface area (TPSA) is 153 Å². The fourth-order valence-electron chi connectivity index (χ4n) is 4.78. The molecular weight excluding hydrogens is 652 g/mol. The fourth-order valence-corrected chi connectivity index (χ4v) is 4.78. The minimum atomic E-state index is -0.229. The predicted molar refractivity (Wildman–Crippen MR) is 195 cm³/mol. The van der Waals surface area contributed by atoms with Gasteiger partial charge < -0.3 is 34.5 Å². The molecule has 3 N–H and O–H groups in total. The minimum Gasteiger partial charge on any atom is -0.377 e. The van der Waals surface area contributed by atoms with Crippen LogP contribution in [-0.4, -0.2) is 94.4 Å². The van der Waals surface area contributed by atoms with Gasteiger partial charge in [0.25, 0.3) is 5.91 Å². The van der Waals surface area contributed by atoms with Gasteiger partial charge in [0.05, 0.1) is 70.7 Å². The first-order chi connectivity index (χ1) is 24.9. The molecule has 0 aliphatic carbocycles. The van der Waals surface area contributed by atoms with E-state index in [1.807, 2.05) is 62.4 Å². The molecule has 0 fully saturated rings. The molecule has 0 saturated heterocycles. The van der Waals surface area contributed by atoms with Crippen molar-refractivity contribution in [3.8, 4) is 11.8 Å². The van der Waals surface area contributed by atoms with Crippen molar-refractivity contribution in [1.82, 2.24) is 15.6 Å². The van der Waals surface area contributed by atoms with E-state index < -0.39 is 0 Å². The van der Waals surface area contributed by atoms with Crippen LogP contribution in [-0.2, 0) is 35.1 Å². The van der Waals surface area contributed by atoms with E-state index >= 15 is 0 Å². The summed E-state index contributed by atoms with van der Waals surface area (Å²) in [6, 6.07) is 18.7. The number of benzene rings is 2. The number of carbonyl (C=O) groups excluding carboxylic acids is 3. The first kappa shape index (κ1) is 38.7. The van der Waals surface area contributed by atoms with Gasteiger partial charge in [-0.15, -0.1) is 0 Å². The molecule has 270 valence electrons. The van der Waals surface area contributed by atoms with Gasteiger partial charge in [0.2, 0.25) is 11.8 Å². The second-order valence-electron chi connectivity index (χ2n) is 11.6. The maximum absolute atomic E-state index is 13.3. The third-order valence-corrected chi connectivity index (χ3v) is 7.38. The van der Waals surface area contributed by atoms with E-state index in [0.29, 0.717) is 83.9 Å². The van der Waals surface area contributed by atoms with Crippen molar-refractivity contribution in [2.75, 3.05) is 76.3 Å². The number of ether oxygens (including phenoxy) is 4. The molecule has 0 radical (unpaired) electrons. The molecule has 1 aromatic heterocycles. The van der Waals surface area contributed by atoms with Crippen molar-refractivity contribution >= 4 is 34.9 Å². The second kappa shape index (κ2) is 21.8. The third-order valence-electron chi connectivity index (χ3n) is 7.38. The number of aromatic nitrogens is 1. The Morgan fingerprint density at radius 3 is 2.02 bits per heavy atom. The fraction of sp³-hybridized carbons (Fsp3) is 0.395. The number of fused-ring (bicyclic) bond motifs is 2. The molecule has 1 aliphatic rings. The number of rotatable bonds is 21. The van der Waals surface area contributed by atoms with Crippen molar-refractivity contribution < 1.29 is 33.3 Å². The molecule has 0 atom stereocenters. The Morgan fingerprint density at radius 2 is 1.35 bits per heavy atom. The normalized spacial score (nSPS) is 11.5. The Balaban J connectivity index is 0.954. The van der Waals surface area contributed by atoms with Crippen molar-refractivity contribution in [3.63, 3.8) is 0 Å². The summed E-state index contributed by atoms with van der Waals surface area (Å²) in [5.41, 5.74) is 7.52. The molecule has 51 heavy (non-hydrogen) atoms. The Kier molecular flexibility index (Phi) is 16.6. The number of nitrogens with zero attached hydrogens (tertiary/aromatic N) is 3. The summed E-state index contributed by atoms with van der Waals surface area (Å²) in [7, 11) is 0. The van der Waals surface area contributed by atoms with Crippen LogP contribution in [0, 0.1) is 11.8 Å². The van der Waals surface area contributed by atoms with Crippen LogP contribution >= 0.6 is 0 Å². The van der Waals surface area contributed by atoms with Gasteiger partial charge in [0.1, 0.15) is 5.82 Å². The monoisotopic (exact) mass is 698 g/mol. The molecule has 0 spiro atoms. The molecule has 0 unspecified atom stereocenters. The van der Waals surface area contributed by atoms with E-state index in [0.717, 1.165) is 28.1 Å². The summed E-state index contributed by atoms with van der Waals surface area (Å²) in [5.74, 6) is 6.38. The minimum absolute atomic E-state index is 0.0799. The number of amides is 3. The Hall–Kier alpha value is -5.13. The number of anilines is 2. The molecule has 1 aliphatic heterocycles. The molecule has 13 nitrogen and oxygen atoms in total. The van der Waals surface area contributed by atoms with Gasteiger partial charge in [0, 0.05) is 49.0 Å². The van der Waals surface area contributed by atoms with E-state index in [-0.39, 0.29) is 30.6 Å². The van der Waals surface area contributed by atoms with Crippen LogP contribution in [0.5, 0.6) is 0 Å². The molecule has 3 amide bonds. The number of pyridine rings is 1. The van der Waals surface area contributed by atoms with Crippen LogP contribution in [0.2, 0.25) is 0 Å². The second-order valence-corrected chi connectivity index (χ2v) is 11.6. The molecule has 13 heteroatoms. The summed E-state index contributed by atoms with van der Waals surface area (Å²) in [6.07, 6.45) is 1.65. The van der Waals surface area contributed by atoms with E-state index in [1.54, 1.807) is 17.0 Å². The van der Waals surface area contributed by atoms with E-state index in [4.69, 9.17) is 18.9 Å². The molecular formula is C38H46N6O7. The van der Waals surface area contributed by atoms with E-state index in [9.17, 15) is 14.4 Å². The zero-order valence-corrected chi connectivity index (χ0v) is 29.2. The highest BCUT2D eigenvalue weighted by Crippen LogP contribution is 2.26. The van der Waals surface area contributed by atoms with Gasteiger partial charge in [-0.25, -0.2) is 4.98 Å². The van der Waals surface area contributed by atoms with Crippen LogP contribution in [0.15, 0.2) is 72.0 Å². The van der Waals surface area contributed by atoms with Crippen molar-refractivity contribution in [1.29, 1.82) is 0 Å². The van der Waals surface area contributed by atoms with Crippen LogP contribution in [0.3, 0.4) is 0 Å². The maximum atomic E-state index is 13.3. The Labute approximate surface area is 299 Å². The SMILES string of the molecule is CC(C)=NNc1ccc(C(=O)NCCOCCOCCOCCOCCNC(=O)CCC(=O)N2Cc3ccccc3C#Cc3ccccc32)cn1. The van der Waals surface area contributed by atoms with Crippen LogP contribution in [0.25, 0.3) is 0 Å². The first-order valence-corrected chi connectivity index (χ1v) is 17.0. The van der Waals surface area contributed by atoms with Crippen LogP contribution in [0.1, 0.15) is 53.7 Å². The van der Waals surface area contributed by atoms with Gasteiger partial charge in [-0.1, -0.05) is 42.2 Å².